The number of nitrogens with zero attached hydrogens (tertiary/aromatic N) is 3. The van der Waals surface area contributed by atoms with Crippen LogP contribution in [-0.2, 0) is 16.6 Å². The van der Waals surface area contributed by atoms with E-state index in [2.05, 4.69) is 20.3 Å². The SMILES string of the molecule is COC(=O)c1ccc(NC(=O)CSc2nnc([C@H](C)Oc3ccccc3)n2C)cc1. The molecule has 0 saturated heterocycles. The highest BCUT2D eigenvalue weighted by Crippen LogP contribution is 2.23. The molecule has 156 valence electrons. The molecule has 0 aliphatic carbocycles. The molecule has 0 fully saturated rings. The minimum absolute atomic E-state index is 0.165. The maximum atomic E-state index is 12.2. The second kappa shape index (κ2) is 9.93. The predicted octanol–water partition coefficient (Wildman–Crippen LogP) is 3.47. The van der Waals surface area contributed by atoms with Crippen LogP contribution in [0, 0.1) is 0 Å². The van der Waals surface area contributed by atoms with Crippen LogP contribution in [0.4, 0.5) is 5.69 Å². The van der Waals surface area contributed by atoms with Gasteiger partial charge in [0, 0.05) is 12.7 Å². The number of carbonyl (C=O) groups is 2. The van der Waals surface area contributed by atoms with Crippen LogP contribution in [0.15, 0.2) is 59.8 Å². The smallest absolute Gasteiger partial charge is 0.337 e. The first-order valence-corrected chi connectivity index (χ1v) is 10.2. The molecule has 1 atom stereocenters. The van der Waals surface area contributed by atoms with Crippen molar-refractivity contribution >= 4 is 29.3 Å². The van der Waals surface area contributed by atoms with Crippen molar-refractivity contribution in [2.45, 2.75) is 18.2 Å². The lowest BCUT2D eigenvalue weighted by molar-refractivity contribution is -0.113. The van der Waals surface area contributed by atoms with Crippen LogP contribution in [0.5, 0.6) is 5.75 Å². The molecule has 1 amide bonds. The summed E-state index contributed by atoms with van der Waals surface area (Å²) in [6.07, 6.45) is -0.290. The van der Waals surface area contributed by atoms with Crippen molar-refractivity contribution < 1.29 is 19.1 Å². The molecule has 8 nitrogen and oxygen atoms in total. The average Bonchev–Trinajstić information content (AvgIpc) is 3.13. The highest BCUT2D eigenvalue weighted by molar-refractivity contribution is 7.99. The van der Waals surface area contributed by atoms with Gasteiger partial charge >= 0.3 is 5.97 Å². The molecule has 2 aromatic carbocycles. The molecule has 0 spiro atoms. The number of ether oxygens (including phenoxy) is 2. The lowest BCUT2D eigenvalue weighted by Crippen LogP contribution is -2.15. The van der Waals surface area contributed by atoms with Crippen molar-refractivity contribution in [2.75, 3.05) is 18.2 Å². The maximum absolute atomic E-state index is 12.2. The maximum Gasteiger partial charge on any atom is 0.337 e. The molecule has 0 aliphatic heterocycles. The molecule has 0 bridgehead atoms. The van der Waals surface area contributed by atoms with Crippen molar-refractivity contribution in [3.63, 3.8) is 0 Å². The Morgan fingerprint density at radius 3 is 2.47 bits per heavy atom. The number of para-hydroxylation sites is 1. The van der Waals surface area contributed by atoms with Crippen LogP contribution >= 0.6 is 11.8 Å². The third kappa shape index (κ3) is 5.38. The van der Waals surface area contributed by atoms with E-state index in [1.54, 1.807) is 24.3 Å². The number of amides is 1. The third-order valence-corrected chi connectivity index (χ3v) is 5.23. The first-order valence-electron chi connectivity index (χ1n) is 9.20. The summed E-state index contributed by atoms with van der Waals surface area (Å²) < 4.78 is 12.4. The van der Waals surface area contributed by atoms with Gasteiger partial charge in [-0.15, -0.1) is 10.2 Å². The number of hydrogen-bond acceptors (Lipinski definition) is 7. The summed E-state index contributed by atoms with van der Waals surface area (Å²) in [5.74, 6) is 0.967. The van der Waals surface area contributed by atoms with E-state index in [0.29, 0.717) is 22.2 Å². The van der Waals surface area contributed by atoms with Crippen LogP contribution in [0.2, 0.25) is 0 Å². The highest BCUT2D eigenvalue weighted by Gasteiger charge is 2.18. The number of anilines is 1. The summed E-state index contributed by atoms with van der Waals surface area (Å²) >= 11 is 1.28. The van der Waals surface area contributed by atoms with Crippen LogP contribution in [0.3, 0.4) is 0 Å². The normalized spacial score (nSPS) is 11.6. The lowest BCUT2D eigenvalue weighted by atomic mass is 10.2. The standard InChI is InChI=1S/C21H22N4O4S/c1-14(29-17-7-5-4-6-8-17)19-23-24-21(25(19)2)30-13-18(26)22-16-11-9-15(10-12-16)20(27)28-3/h4-12,14H,13H2,1-3H3,(H,22,26)/t14-/m0/s1. The molecule has 30 heavy (non-hydrogen) atoms. The van der Waals surface area contributed by atoms with Gasteiger partial charge in [-0.3, -0.25) is 4.79 Å². The van der Waals surface area contributed by atoms with Gasteiger partial charge in [0.2, 0.25) is 5.91 Å². The summed E-state index contributed by atoms with van der Waals surface area (Å²) in [6, 6.07) is 16.0. The Labute approximate surface area is 178 Å². The van der Waals surface area contributed by atoms with Crippen LogP contribution in [0.25, 0.3) is 0 Å². The number of esters is 1. The Kier molecular flexibility index (Phi) is 7.08. The van der Waals surface area contributed by atoms with Gasteiger partial charge in [0.15, 0.2) is 17.1 Å². The van der Waals surface area contributed by atoms with Crippen molar-refractivity contribution in [3.05, 3.63) is 66.0 Å². The highest BCUT2D eigenvalue weighted by atomic mass is 32.2. The van der Waals surface area contributed by atoms with Gasteiger partial charge in [0.25, 0.3) is 0 Å². The Hall–Kier alpha value is -3.33. The predicted molar refractivity (Wildman–Crippen MR) is 114 cm³/mol. The first-order chi connectivity index (χ1) is 14.5. The van der Waals surface area contributed by atoms with E-state index in [0.717, 1.165) is 5.75 Å². The summed E-state index contributed by atoms with van der Waals surface area (Å²) in [7, 11) is 3.16. The largest absolute Gasteiger partial charge is 0.483 e. The Morgan fingerprint density at radius 2 is 1.80 bits per heavy atom. The van der Waals surface area contributed by atoms with Crippen molar-refractivity contribution in [1.29, 1.82) is 0 Å². The van der Waals surface area contributed by atoms with Crippen LogP contribution in [0.1, 0.15) is 29.2 Å². The summed E-state index contributed by atoms with van der Waals surface area (Å²) in [5, 5.41) is 11.8. The van der Waals surface area contributed by atoms with E-state index in [1.165, 1.54) is 18.9 Å². The molecule has 3 aromatic rings. The van der Waals surface area contributed by atoms with E-state index in [9.17, 15) is 9.59 Å². The number of carbonyl (C=O) groups excluding carboxylic acids is 2. The average molecular weight is 426 g/mol. The zero-order chi connectivity index (χ0) is 21.5. The number of aromatic nitrogens is 3. The van der Waals surface area contributed by atoms with E-state index in [-0.39, 0.29) is 17.8 Å². The molecule has 9 heteroatoms. The van der Waals surface area contributed by atoms with E-state index >= 15 is 0 Å². The zero-order valence-corrected chi connectivity index (χ0v) is 17.7. The minimum Gasteiger partial charge on any atom is -0.483 e. The first kappa shape index (κ1) is 21.4. The fourth-order valence-electron chi connectivity index (χ4n) is 2.70. The van der Waals surface area contributed by atoms with Crippen LogP contribution < -0.4 is 10.1 Å². The third-order valence-electron chi connectivity index (χ3n) is 4.21. The molecule has 0 aliphatic rings. The summed E-state index contributed by atoms with van der Waals surface area (Å²) in [4.78, 5) is 23.7. The van der Waals surface area contributed by atoms with Crippen molar-refractivity contribution in [2.24, 2.45) is 7.05 Å². The van der Waals surface area contributed by atoms with Gasteiger partial charge in [-0.25, -0.2) is 4.79 Å². The van der Waals surface area contributed by atoms with Gasteiger partial charge in [-0.2, -0.15) is 0 Å². The lowest BCUT2D eigenvalue weighted by Gasteiger charge is -2.14. The number of methoxy groups -OCH3 is 1. The van der Waals surface area contributed by atoms with Gasteiger partial charge in [-0.05, 0) is 43.3 Å². The molecular formula is C21H22N4O4S. The fourth-order valence-corrected chi connectivity index (χ4v) is 3.41. The molecule has 0 radical (unpaired) electrons. The molecule has 1 N–H and O–H groups in total. The van der Waals surface area contributed by atoms with Crippen molar-refractivity contribution in [1.82, 2.24) is 14.8 Å². The molecule has 3 rings (SSSR count). The molecule has 0 unspecified atom stereocenters. The number of benzene rings is 2. The molecule has 1 aromatic heterocycles. The molecular weight excluding hydrogens is 404 g/mol. The van der Waals surface area contributed by atoms with Gasteiger partial charge in [0.1, 0.15) is 5.75 Å². The topological polar surface area (TPSA) is 95.3 Å². The second-order valence-electron chi connectivity index (χ2n) is 6.38. The summed E-state index contributed by atoms with van der Waals surface area (Å²) in [6.45, 7) is 1.90. The van der Waals surface area contributed by atoms with Gasteiger partial charge in [0.05, 0.1) is 18.4 Å². The monoisotopic (exact) mass is 426 g/mol. The Bertz CT molecular complexity index is 1010. The minimum atomic E-state index is -0.424. The number of thioether (sulfide) groups is 1. The number of rotatable bonds is 8. The van der Waals surface area contributed by atoms with Crippen LogP contribution in [-0.4, -0.2) is 39.5 Å². The van der Waals surface area contributed by atoms with Crippen molar-refractivity contribution in [3.8, 4) is 5.75 Å². The van der Waals surface area contributed by atoms with Gasteiger partial charge in [-0.1, -0.05) is 30.0 Å². The number of hydrogen-bond donors (Lipinski definition) is 1. The quantitative estimate of drug-likeness (QED) is 0.435. The second-order valence-corrected chi connectivity index (χ2v) is 7.32. The Balaban J connectivity index is 1.54. The van der Waals surface area contributed by atoms with E-state index < -0.39 is 5.97 Å². The van der Waals surface area contributed by atoms with Gasteiger partial charge < -0.3 is 19.4 Å². The number of nitrogens with one attached hydrogen (secondary N) is 1. The zero-order valence-electron chi connectivity index (χ0n) is 16.9. The molecule has 1 heterocycles. The van der Waals surface area contributed by atoms with E-state index in [4.69, 9.17) is 4.74 Å². The fraction of sp³-hybridized carbons (Fsp3) is 0.238. The summed E-state index contributed by atoms with van der Waals surface area (Å²) in [5.41, 5.74) is 1.01. The molecule has 0 saturated carbocycles. The Morgan fingerprint density at radius 1 is 1.10 bits per heavy atom. The van der Waals surface area contributed by atoms with E-state index in [1.807, 2.05) is 48.9 Å².